The zero-order valence-corrected chi connectivity index (χ0v) is 12.0. The zero-order chi connectivity index (χ0) is 15.2. The van der Waals surface area contributed by atoms with Crippen molar-refractivity contribution in [3.8, 4) is 11.4 Å². The minimum absolute atomic E-state index is 0.180. The molecule has 0 fully saturated rings. The molecule has 0 saturated heterocycles. The van der Waals surface area contributed by atoms with Crippen molar-refractivity contribution in [1.82, 2.24) is 15.5 Å². The quantitative estimate of drug-likeness (QED) is 0.649. The third kappa shape index (κ3) is 4.55. The minimum atomic E-state index is -0.348. The average Bonchev–Trinajstić information content (AvgIpc) is 2.92. The summed E-state index contributed by atoms with van der Waals surface area (Å²) in [5.74, 6) is 1.10. The van der Waals surface area contributed by atoms with Crippen LogP contribution >= 0.6 is 0 Å². The Bertz CT molecular complexity index is 623. The van der Waals surface area contributed by atoms with Gasteiger partial charge in [-0.2, -0.15) is 4.98 Å². The van der Waals surface area contributed by atoms with Crippen LogP contribution in [0.1, 0.15) is 19.7 Å². The van der Waals surface area contributed by atoms with E-state index in [4.69, 9.17) is 10.3 Å². The van der Waals surface area contributed by atoms with Crippen molar-refractivity contribution in [2.24, 2.45) is 16.6 Å². The van der Waals surface area contributed by atoms with Gasteiger partial charge in [0.05, 0.1) is 0 Å². The lowest BCUT2D eigenvalue weighted by molar-refractivity contribution is 0.380. The smallest absolute Gasteiger partial charge is 0.248 e. The third-order valence-corrected chi connectivity index (χ3v) is 2.63. The summed E-state index contributed by atoms with van der Waals surface area (Å²) in [7, 11) is 0. The molecule has 0 unspecified atom stereocenters. The fourth-order valence-electron chi connectivity index (χ4n) is 1.58. The molecule has 0 aliphatic heterocycles. The largest absolute Gasteiger partial charge is 0.370 e. The molecule has 6 nitrogen and oxygen atoms in total. The second-order valence-corrected chi connectivity index (χ2v) is 5.00. The first-order valence-corrected chi connectivity index (χ1v) is 6.67. The highest BCUT2D eigenvalue weighted by atomic mass is 19.1. The first-order chi connectivity index (χ1) is 10.0. The van der Waals surface area contributed by atoms with Crippen LogP contribution in [-0.4, -0.2) is 22.6 Å². The van der Waals surface area contributed by atoms with Crippen LogP contribution in [-0.2, 0) is 6.54 Å². The molecule has 0 atom stereocenters. The Morgan fingerprint density at radius 1 is 1.48 bits per heavy atom. The number of hydrogen-bond donors (Lipinski definition) is 2. The average molecular weight is 291 g/mol. The lowest BCUT2D eigenvalue weighted by atomic mass is 10.2. The summed E-state index contributed by atoms with van der Waals surface area (Å²) in [6.45, 7) is 5.07. The molecule has 1 aromatic carbocycles. The zero-order valence-electron chi connectivity index (χ0n) is 12.0. The SMILES string of the molecule is CC(C)CNC(N)=NCc1nc(-c2cccc(F)c2)no1. The Balaban J connectivity index is 1.99. The monoisotopic (exact) mass is 291 g/mol. The van der Waals surface area contributed by atoms with Crippen LogP contribution in [0.4, 0.5) is 4.39 Å². The molecular formula is C14H18FN5O. The van der Waals surface area contributed by atoms with E-state index in [1.165, 1.54) is 12.1 Å². The predicted molar refractivity (Wildman–Crippen MR) is 77.9 cm³/mol. The topological polar surface area (TPSA) is 89.3 Å². The van der Waals surface area contributed by atoms with Crippen molar-refractivity contribution in [1.29, 1.82) is 0 Å². The van der Waals surface area contributed by atoms with Gasteiger partial charge in [0.1, 0.15) is 12.4 Å². The van der Waals surface area contributed by atoms with Crippen LogP contribution < -0.4 is 11.1 Å². The van der Waals surface area contributed by atoms with Crippen LogP contribution in [0.25, 0.3) is 11.4 Å². The van der Waals surface area contributed by atoms with Gasteiger partial charge in [-0.3, -0.25) is 0 Å². The number of benzene rings is 1. The van der Waals surface area contributed by atoms with Crippen LogP contribution in [0.3, 0.4) is 0 Å². The van der Waals surface area contributed by atoms with E-state index in [9.17, 15) is 4.39 Å². The maximum absolute atomic E-state index is 13.1. The molecule has 0 aliphatic rings. The third-order valence-electron chi connectivity index (χ3n) is 2.63. The maximum Gasteiger partial charge on any atom is 0.248 e. The molecule has 1 heterocycles. The number of aromatic nitrogens is 2. The first-order valence-electron chi connectivity index (χ1n) is 6.67. The molecule has 112 valence electrons. The van der Waals surface area contributed by atoms with Crippen LogP contribution in [0.15, 0.2) is 33.8 Å². The van der Waals surface area contributed by atoms with E-state index in [2.05, 4.69) is 34.3 Å². The number of hydrogen-bond acceptors (Lipinski definition) is 4. The van der Waals surface area contributed by atoms with Gasteiger partial charge in [0.15, 0.2) is 5.96 Å². The van der Waals surface area contributed by atoms with Crippen molar-refractivity contribution >= 4 is 5.96 Å². The number of nitrogens with zero attached hydrogens (tertiary/aromatic N) is 3. The summed E-state index contributed by atoms with van der Waals surface area (Å²) in [4.78, 5) is 8.26. The molecule has 2 rings (SSSR count). The Morgan fingerprint density at radius 2 is 2.29 bits per heavy atom. The molecule has 1 aromatic heterocycles. The van der Waals surface area contributed by atoms with Crippen molar-refractivity contribution in [3.63, 3.8) is 0 Å². The lowest BCUT2D eigenvalue weighted by Crippen LogP contribution is -2.34. The molecule has 2 aromatic rings. The normalized spacial score (nSPS) is 11.9. The first kappa shape index (κ1) is 15.0. The summed E-state index contributed by atoms with van der Waals surface area (Å²) in [5, 5.41) is 6.78. The molecular weight excluding hydrogens is 273 g/mol. The second-order valence-electron chi connectivity index (χ2n) is 5.00. The van der Waals surface area contributed by atoms with E-state index in [-0.39, 0.29) is 12.4 Å². The highest BCUT2D eigenvalue weighted by Crippen LogP contribution is 2.16. The lowest BCUT2D eigenvalue weighted by Gasteiger charge is -2.06. The molecule has 0 amide bonds. The number of halogens is 1. The molecule has 0 aliphatic carbocycles. The van der Waals surface area contributed by atoms with Crippen molar-refractivity contribution in [3.05, 3.63) is 36.0 Å². The molecule has 0 saturated carbocycles. The minimum Gasteiger partial charge on any atom is -0.370 e. The highest BCUT2D eigenvalue weighted by Gasteiger charge is 2.08. The van der Waals surface area contributed by atoms with Crippen LogP contribution in [0.2, 0.25) is 0 Å². The van der Waals surface area contributed by atoms with Gasteiger partial charge in [-0.05, 0) is 18.1 Å². The van der Waals surface area contributed by atoms with E-state index in [1.807, 2.05) is 0 Å². The summed E-state index contributed by atoms with van der Waals surface area (Å²) in [6.07, 6.45) is 0. The van der Waals surface area contributed by atoms with Gasteiger partial charge in [-0.1, -0.05) is 31.1 Å². The van der Waals surface area contributed by atoms with Gasteiger partial charge in [0.25, 0.3) is 0 Å². The number of nitrogens with two attached hydrogens (primary N) is 1. The maximum atomic E-state index is 13.1. The van der Waals surface area contributed by atoms with Crippen molar-refractivity contribution in [2.75, 3.05) is 6.54 Å². The fourth-order valence-corrected chi connectivity index (χ4v) is 1.58. The van der Waals surface area contributed by atoms with Crippen molar-refractivity contribution < 1.29 is 8.91 Å². The van der Waals surface area contributed by atoms with Gasteiger partial charge >= 0.3 is 0 Å². The standard InChI is InChI=1S/C14H18FN5O/c1-9(2)7-17-14(16)18-8-12-19-13(20-21-12)10-4-3-5-11(15)6-10/h3-6,9H,7-8H2,1-2H3,(H3,16,17,18). The number of rotatable bonds is 5. The van der Waals surface area contributed by atoms with Crippen LogP contribution in [0, 0.1) is 11.7 Å². The van der Waals surface area contributed by atoms with Gasteiger partial charge in [-0.25, -0.2) is 9.38 Å². The Morgan fingerprint density at radius 3 is 3.00 bits per heavy atom. The van der Waals surface area contributed by atoms with Crippen molar-refractivity contribution in [2.45, 2.75) is 20.4 Å². The molecule has 0 spiro atoms. The fraction of sp³-hybridized carbons (Fsp3) is 0.357. The molecule has 0 bridgehead atoms. The summed E-state index contributed by atoms with van der Waals surface area (Å²) >= 11 is 0. The van der Waals surface area contributed by atoms with E-state index < -0.39 is 0 Å². The van der Waals surface area contributed by atoms with Gasteiger partial charge in [0, 0.05) is 12.1 Å². The van der Waals surface area contributed by atoms with E-state index in [0.29, 0.717) is 29.2 Å². The molecule has 0 radical (unpaired) electrons. The number of nitrogens with one attached hydrogen (secondary N) is 1. The molecule has 21 heavy (non-hydrogen) atoms. The van der Waals surface area contributed by atoms with E-state index in [0.717, 1.165) is 6.54 Å². The van der Waals surface area contributed by atoms with Gasteiger partial charge in [0.2, 0.25) is 11.7 Å². The van der Waals surface area contributed by atoms with E-state index in [1.54, 1.807) is 12.1 Å². The van der Waals surface area contributed by atoms with E-state index >= 15 is 0 Å². The van der Waals surface area contributed by atoms with Crippen LogP contribution in [0.5, 0.6) is 0 Å². The van der Waals surface area contributed by atoms with Gasteiger partial charge < -0.3 is 15.6 Å². The summed E-state index contributed by atoms with van der Waals surface area (Å²) in [5.41, 5.74) is 6.26. The summed E-state index contributed by atoms with van der Waals surface area (Å²) < 4.78 is 18.2. The number of aliphatic imine (C=N–C) groups is 1. The summed E-state index contributed by atoms with van der Waals surface area (Å²) in [6, 6.07) is 6.00. The van der Waals surface area contributed by atoms with Gasteiger partial charge in [-0.15, -0.1) is 0 Å². The molecule has 3 N–H and O–H groups in total. The number of guanidine groups is 1. The Hall–Kier alpha value is -2.44. The predicted octanol–water partition coefficient (Wildman–Crippen LogP) is 1.94. The second kappa shape index (κ2) is 6.83. The molecule has 7 heteroatoms. The Kier molecular flexibility index (Phi) is 4.86. The highest BCUT2D eigenvalue weighted by molar-refractivity contribution is 5.77. The Labute approximate surface area is 122 Å².